The van der Waals surface area contributed by atoms with Crippen LogP contribution in [0.4, 0.5) is 5.69 Å². The van der Waals surface area contributed by atoms with Crippen LogP contribution in [-0.2, 0) is 13.5 Å². The van der Waals surface area contributed by atoms with Crippen LogP contribution in [0.15, 0.2) is 35.4 Å². The molecule has 30 heavy (non-hydrogen) atoms. The van der Waals surface area contributed by atoms with Crippen molar-refractivity contribution in [3.8, 4) is 12.1 Å². The van der Waals surface area contributed by atoms with E-state index in [4.69, 9.17) is 4.74 Å². The van der Waals surface area contributed by atoms with Crippen molar-refractivity contribution in [1.29, 1.82) is 5.26 Å². The van der Waals surface area contributed by atoms with E-state index in [0.717, 1.165) is 24.1 Å². The lowest BCUT2D eigenvalue weighted by Crippen LogP contribution is -2.45. The summed E-state index contributed by atoms with van der Waals surface area (Å²) >= 11 is 0. The molecule has 1 fully saturated rings. The van der Waals surface area contributed by atoms with Crippen molar-refractivity contribution in [2.45, 2.75) is 32.8 Å². The second kappa shape index (κ2) is 8.11. The molecule has 4 rings (SSSR count). The van der Waals surface area contributed by atoms with Gasteiger partial charge in [0.25, 0.3) is 5.56 Å². The lowest BCUT2D eigenvalue weighted by Gasteiger charge is -2.38. The summed E-state index contributed by atoms with van der Waals surface area (Å²) in [6, 6.07) is 7.51. The monoisotopic (exact) mass is 404 g/mol. The van der Waals surface area contributed by atoms with Gasteiger partial charge < -0.3 is 14.2 Å². The molecule has 0 amide bonds. The van der Waals surface area contributed by atoms with Crippen LogP contribution in [0.3, 0.4) is 0 Å². The van der Waals surface area contributed by atoms with E-state index in [1.54, 1.807) is 42.2 Å². The normalized spacial score (nSPS) is 18.9. The number of pyridine rings is 2. The van der Waals surface area contributed by atoms with Crippen LogP contribution in [0.5, 0.6) is 6.01 Å². The van der Waals surface area contributed by atoms with Gasteiger partial charge in [0.2, 0.25) is 0 Å². The van der Waals surface area contributed by atoms with Crippen LogP contribution in [-0.4, -0.2) is 38.7 Å². The molecule has 0 radical (unpaired) electrons. The van der Waals surface area contributed by atoms with Gasteiger partial charge in [0.1, 0.15) is 23.4 Å². The lowest BCUT2D eigenvalue weighted by atomic mass is 9.96. The van der Waals surface area contributed by atoms with Gasteiger partial charge >= 0.3 is 6.01 Å². The average molecular weight is 404 g/mol. The summed E-state index contributed by atoms with van der Waals surface area (Å²) in [7, 11) is 1.72. The third-order valence-electron chi connectivity index (χ3n) is 5.70. The summed E-state index contributed by atoms with van der Waals surface area (Å²) in [6.45, 7) is 5.60. The summed E-state index contributed by atoms with van der Waals surface area (Å²) in [4.78, 5) is 27.7. The molecule has 0 unspecified atom stereocenters. The molecule has 8 nitrogen and oxygen atoms in total. The second-order valence-electron chi connectivity index (χ2n) is 7.70. The fourth-order valence-corrected chi connectivity index (χ4v) is 3.85. The maximum Gasteiger partial charge on any atom is 0.316 e. The first-order valence-electron chi connectivity index (χ1n) is 10.1. The Hall–Kier alpha value is -3.47. The SMILES string of the molecule is CCc1cnc(O[C@H]2CCN(c3cc(=O)n(C)c4ccc(C#N)nc34)C[C@H]2C)nc1. The number of fused-ring (bicyclic) bond motifs is 1. The number of aromatic nitrogens is 4. The third-order valence-corrected chi connectivity index (χ3v) is 5.70. The Bertz CT molecular complexity index is 1170. The highest BCUT2D eigenvalue weighted by Gasteiger charge is 2.30. The third kappa shape index (κ3) is 3.71. The molecule has 8 heteroatoms. The zero-order chi connectivity index (χ0) is 21.3. The number of hydrogen-bond donors (Lipinski definition) is 0. The zero-order valence-corrected chi connectivity index (χ0v) is 17.4. The van der Waals surface area contributed by atoms with Gasteiger partial charge in [-0.05, 0) is 24.1 Å². The molecule has 0 N–H and O–H groups in total. The molecule has 154 valence electrons. The Morgan fingerprint density at radius 3 is 2.73 bits per heavy atom. The Labute approximate surface area is 174 Å². The predicted octanol–water partition coefficient (Wildman–Crippen LogP) is 2.45. The highest BCUT2D eigenvalue weighted by molar-refractivity contribution is 5.88. The molecule has 1 aliphatic heterocycles. The average Bonchev–Trinajstić information content (AvgIpc) is 2.77. The Morgan fingerprint density at radius 1 is 1.30 bits per heavy atom. The van der Waals surface area contributed by atoms with E-state index in [-0.39, 0.29) is 17.6 Å². The first-order chi connectivity index (χ1) is 14.5. The number of nitriles is 1. The van der Waals surface area contributed by atoms with Crippen LogP contribution in [0.25, 0.3) is 11.0 Å². The molecule has 4 heterocycles. The van der Waals surface area contributed by atoms with Crippen molar-refractivity contribution in [2.24, 2.45) is 13.0 Å². The number of hydrogen-bond acceptors (Lipinski definition) is 7. The minimum Gasteiger partial charge on any atom is -0.460 e. The van der Waals surface area contributed by atoms with E-state index in [0.29, 0.717) is 35.8 Å². The molecule has 3 aromatic heterocycles. The molecule has 0 aromatic carbocycles. The molecule has 0 spiro atoms. The van der Waals surface area contributed by atoms with Crippen molar-refractivity contribution in [2.75, 3.05) is 18.0 Å². The highest BCUT2D eigenvalue weighted by atomic mass is 16.5. The van der Waals surface area contributed by atoms with Crippen molar-refractivity contribution < 1.29 is 4.74 Å². The summed E-state index contributed by atoms with van der Waals surface area (Å²) in [5, 5.41) is 9.25. The largest absolute Gasteiger partial charge is 0.460 e. The van der Waals surface area contributed by atoms with E-state index in [1.165, 1.54) is 0 Å². The molecule has 0 bridgehead atoms. The second-order valence-corrected chi connectivity index (χ2v) is 7.70. The number of rotatable bonds is 4. The number of ether oxygens (including phenoxy) is 1. The summed E-state index contributed by atoms with van der Waals surface area (Å²) in [5.74, 6) is 0.200. The molecule has 1 aliphatic rings. The predicted molar refractivity (Wildman–Crippen MR) is 114 cm³/mol. The van der Waals surface area contributed by atoms with Crippen molar-refractivity contribution in [3.05, 3.63) is 52.2 Å². The Morgan fingerprint density at radius 2 is 2.07 bits per heavy atom. The van der Waals surface area contributed by atoms with Gasteiger partial charge in [-0.2, -0.15) is 5.26 Å². The summed E-state index contributed by atoms with van der Waals surface area (Å²) in [5.41, 5.74) is 3.46. The summed E-state index contributed by atoms with van der Waals surface area (Å²) < 4.78 is 7.60. The quantitative estimate of drug-likeness (QED) is 0.659. The van der Waals surface area contributed by atoms with Gasteiger partial charge in [0.05, 0.1) is 11.2 Å². The van der Waals surface area contributed by atoms with Crippen LogP contribution < -0.4 is 15.2 Å². The maximum atomic E-state index is 12.5. The van der Waals surface area contributed by atoms with Gasteiger partial charge in [-0.15, -0.1) is 0 Å². The van der Waals surface area contributed by atoms with E-state index < -0.39 is 0 Å². The first kappa shape index (κ1) is 19.8. The smallest absolute Gasteiger partial charge is 0.316 e. The molecule has 2 atom stereocenters. The van der Waals surface area contributed by atoms with Crippen LogP contribution in [0, 0.1) is 17.2 Å². The van der Waals surface area contributed by atoms with Crippen molar-refractivity contribution in [1.82, 2.24) is 19.5 Å². The van der Waals surface area contributed by atoms with E-state index in [9.17, 15) is 10.1 Å². The van der Waals surface area contributed by atoms with Crippen LogP contribution in [0.2, 0.25) is 0 Å². The van der Waals surface area contributed by atoms with Gasteiger partial charge in [0, 0.05) is 50.9 Å². The Kier molecular flexibility index (Phi) is 5.36. The van der Waals surface area contributed by atoms with Gasteiger partial charge in [-0.25, -0.2) is 15.0 Å². The van der Waals surface area contributed by atoms with E-state index in [2.05, 4.69) is 39.8 Å². The van der Waals surface area contributed by atoms with Crippen LogP contribution >= 0.6 is 0 Å². The fourth-order valence-electron chi connectivity index (χ4n) is 3.85. The maximum absolute atomic E-state index is 12.5. The molecule has 0 saturated carbocycles. The highest BCUT2D eigenvalue weighted by Crippen LogP contribution is 2.29. The van der Waals surface area contributed by atoms with Crippen molar-refractivity contribution in [3.63, 3.8) is 0 Å². The van der Waals surface area contributed by atoms with Gasteiger partial charge in [-0.3, -0.25) is 4.79 Å². The minimum atomic E-state index is -0.0977. The minimum absolute atomic E-state index is 0.00540. The molecular weight excluding hydrogens is 380 g/mol. The first-order valence-corrected chi connectivity index (χ1v) is 10.1. The molecule has 1 saturated heterocycles. The molecule has 0 aliphatic carbocycles. The Balaban J connectivity index is 1.58. The number of piperidine rings is 1. The molecular formula is C22H24N6O2. The number of nitrogens with zero attached hydrogens (tertiary/aromatic N) is 6. The number of anilines is 1. The fraction of sp³-hybridized carbons (Fsp3) is 0.409. The molecule has 3 aromatic rings. The van der Waals surface area contributed by atoms with Gasteiger partial charge in [0.15, 0.2) is 0 Å². The summed E-state index contributed by atoms with van der Waals surface area (Å²) in [6.07, 6.45) is 5.25. The standard InChI is InChI=1S/C22H24N6O2/c1-4-15-11-24-22(25-12-15)30-19-7-8-28(13-14(19)2)18-9-20(29)27(3)17-6-5-16(10-23)26-21(17)18/h5-6,9,11-12,14,19H,4,7-8,13H2,1-3H3/t14-,19+/m1/s1. The topological polar surface area (TPSA) is 96.9 Å². The zero-order valence-electron chi connectivity index (χ0n) is 17.4. The van der Waals surface area contributed by atoms with Crippen molar-refractivity contribution >= 4 is 16.7 Å². The van der Waals surface area contributed by atoms with Crippen LogP contribution in [0.1, 0.15) is 31.5 Å². The van der Waals surface area contributed by atoms with E-state index in [1.807, 2.05) is 0 Å². The van der Waals surface area contributed by atoms with E-state index >= 15 is 0 Å². The number of aryl methyl sites for hydroxylation is 2. The van der Waals surface area contributed by atoms with Gasteiger partial charge in [-0.1, -0.05) is 13.8 Å². The lowest BCUT2D eigenvalue weighted by molar-refractivity contribution is 0.110.